The van der Waals surface area contributed by atoms with Gasteiger partial charge in [-0.15, -0.1) is 5.10 Å². The van der Waals surface area contributed by atoms with E-state index < -0.39 is 0 Å². The van der Waals surface area contributed by atoms with Crippen LogP contribution in [0.15, 0.2) is 24.6 Å². The predicted octanol–water partition coefficient (Wildman–Crippen LogP) is 0.489. The second-order valence-electron chi connectivity index (χ2n) is 3.51. The number of hydrogen-bond acceptors (Lipinski definition) is 4. The van der Waals surface area contributed by atoms with Gasteiger partial charge < -0.3 is 4.74 Å². The van der Waals surface area contributed by atoms with Crippen LogP contribution in [0, 0.1) is 5.92 Å². The van der Waals surface area contributed by atoms with Gasteiger partial charge in [0, 0.05) is 5.92 Å². The molecule has 0 radical (unpaired) electrons. The van der Waals surface area contributed by atoms with Crippen molar-refractivity contribution < 1.29 is 4.74 Å². The molecule has 3 rings (SSSR count). The topological polar surface area (TPSA) is 56.1 Å². The zero-order chi connectivity index (χ0) is 9.38. The standard InChI is InChI=1S/C9H10N4O/c1-3-8(13-6-10-11-12-13)4-2-7(1)9-5-14-9/h1,3-4,6-7,9H,2,5H2. The number of nitrogens with zero attached hydrogens (tertiary/aromatic N) is 4. The van der Waals surface area contributed by atoms with Gasteiger partial charge >= 0.3 is 0 Å². The van der Waals surface area contributed by atoms with Gasteiger partial charge in [0.15, 0.2) is 0 Å². The first-order chi connectivity index (χ1) is 6.93. The third-order valence-corrected chi connectivity index (χ3v) is 2.56. The minimum Gasteiger partial charge on any atom is -0.372 e. The van der Waals surface area contributed by atoms with E-state index in [1.165, 1.54) is 0 Å². The van der Waals surface area contributed by atoms with E-state index in [4.69, 9.17) is 4.74 Å². The summed E-state index contributed by atoms with van der Waals surface area (Å²) in [6, 6.07) is 0. The van der Waals surface area contributed by atoms with Gasteiger partial charge in [-0.05, 0) is 22.9 Å². The summed E-state index contributed by atoms with van der Waals surface area (Å²) in [6.45, 7) is 0.906. The van der Waals surface area contributed by atoms with E-state index in [2.05, 4.69) is 27.7 Å². The first-order valence-corrected chi connectivity index (χ1v) is 4.67. The third-order valence-electron chi connectivity index (χ3n) is 2.56. The Morgan fingerprint density at radius 3 is 3.00 bits per heavy atom. The summed E-state index contributed by atoms with van der Waals surface area (Å²) in [7, 11) is 0. The molecule has 72 valence electrons. The molecule has 0 amide bonds. The Hall–Kier alpha value is -1.49. The minimum atomic E-state index is 0.443. The third kappa shape index (κ3) is 1.35. The Balaban J connectivity index is 1.76. The van der Waals surface area contributed by atoms with E-state index in [0.29, 0.717) is 12.0 Å². The summed E-state index contributed by atoms with van der Waals surface area (Å²) in [5.41, 5.74) is 1.03. The summed E-state index contributed by atoms with van der Waals surface area (Å²) in [6.07, 6.45) is 9.42. The van der Waals surface area contributed by atoms with Crippen LogP contribution >= 0.6 is 0 Å². The summed E-state index contributed by atoms with van der Waals surface area (Å²) in [4.78, 5) is 0. The highest BCUT2D eigenvalue weighted by Gasteiger charge is 2.31. The molecule has 2 atom stereocenters. The number of allylic oxidation sites excluding steroid dienone is 3. The monoisotopic (exact) mass is 190 g/mol. The van der Waals surface area contributed by atoms with Gasteiger partial charge in [0.05, 0.1) is 18.4 Å². The largest absolute Gasteiger partial charge is 0.372 e. The van der Waals surface area contributed by atoms with Crippen molar-refractivity contribution in [1.82, 2.24) is 20.2 Å². The molecule has 1 aromatic rings. The lowest BCUT2D eigenvalue weighted by Crippen LogP contribution is -2.09. The molecule has 0 bridgehead atoms. The number of hydrogen-bond donors (Lipinski definition) is 0. The fourth-order valence-electron chi connectivity index (χ4n) is 1.65. The highest BCUT2D eigenvalue weighted by molar-refractivity contribution is 5.57. The summed E-state index contributed by atoms with van der Waals surface area (Å²) in [5.74, 6) is 0.537. The molecule has 2 heterocycles. The zero-order valence-electron chi connectivity index (χ0n) is 7.58. The molecule has 1 saturated heterocycles. The number of epoxide rings is 1. The maximum Gasteiger partial charge on any atom is 0.143 e. The molecule has 14 heavy (non-hydrogen) atoms. The van der Waals surface area contributed by atoms with Gasteiger partial charge in [-0.2, -0.15) is 0 Å². The van der Waals surface area contributed by atoms with Crippen molar-refractivity contribution in [3.05, 3.63) is 24.6 Å². The molecule has 1 fully saturated rings. The maximum atomic E-state index is 5.25. The van der Waals surface area contributed by atoms with Gasteiger partial charge in [0.2, 0.25) is 0 Å². The lowest BCUT2D eigenvalue weighted by molar-refractivity contribution is 0.360. The van der Waals surface area contributed by atoms with Crippen molar-refractivity contribution in [3.8, 4) is 0 Å². The zero-order valence-corrected chi connectivity index (χ0v) is 7.58. The lowest BCUT2D eigenvalue weighted by atomic mass is 9.96. The Bertz CT molecular complexity index is 378. The molecule has 0 aromatic carbocycles. The van der Waals surface area contributed by atoms with E-state index in [-0.39, 0.29) is 0 Å². The van der Waals surface area contributed by atoms with E-state index in [9.17, 15) is 0 Å². The minimum absolute atomic E-state index is 0.443. The van der Waals surface area contributed by atoms with Gasteiger partial charge in [-0.3, -0.25) is 0 Å². The van der Waals surface area contributed by atoms with Crippen LogP contribution in [-0.2, 0) is 4.74 Å². The summed E-state index contributed by atoms with van der Waals surface area (Å²) in [5, 5.41) is 11.0. The normalized spacial score (nSPS) is 30.1. The van der Waals surface area contributed by atoms with Crippen molar-refractivity contribution in [1.29, 1.82) is 0 Å². The predicted molar refractivity (Wildman–Crippen MR) is 49.1 cm³/mol. The second kappa shape index (κ2) is 3.02. The van der Waals surface area contributed by atoms with Crippen LogP contribution in [0.1, 0.15) is 6.42 Å². The Morgan fingerprint density at radius 2 is 2.43 bits per heavy atom. The maximum absolute atomic E-state index is 5.25. The quantitative estimate of drug-likeness (QED) is 0.637. The fraction of sp³-hybridized carbons (Fsp3) is 0.444. The van der Waals surface area contributed by atoms with Crippen LogP contribution in [0.25, 0.3) is 5.70 Å². The lowest BCUT2D eigenvalue weighted by Gasteiger charge is -2.12. The van der Waals surface area contributed by atoms with Crippen LogP contribution in [0.4, 0.5) is 0 Å². The van der Waals surface area contributed by atoms with Crippen LogP contribution in [0.2, 0.25) is 0 Å². The molecule has 2 aliphatic rings. The molecule has 0 N–H and O–H groups in total. The van der Waals surface area contributed by atoms with E-state index in [1.54, 1.807) is 11.0 Å². The summed E-state index contributed by atoms with van der Waals surface area (Å²) >= 11 is 0. The Kier molecular flexibility index (Phi) is 1.70. The molecule has 1 aromatic heterocycles. The number of aromatic nitrogens is 4. The van der Waals surface area contributed by atoms with Crippen molar-refractivity contribution >= 4 is 5.70 Å². The van der Waals surface area contributed by atoms with Crippen LogP contribution < -0.4 is 0 Å². The smallest absolute Gasteiger partial charge is 0.143 e. The van der Waals surface area contributed by atoms with Gasteiger partial charge in [0.1, 0.15) is 6.33 Å². The SMILES string of the molecule is C1=CC(C2CO2)CC=C1n1cnnn1. The van der Waals surface area contributed by atoms with Gasteiger partial charge in [-0.25, -0.2) is 4.68 Å². The number of rotatable bonds is 2. The van der Waals surface area contributed by atoms with E-state index in [1.807, 2.05) is 6.08 Å². The highest BCUT2D eigenvalue weighted by atomic mass is 16.6. The van der Waals surface area contributed by atoms with Crippen LogP contribution in [-0.4, -0.2) is 32.9 Å². The Labute approximate surface area is 81.1 Å². The van der Waals surface area contributed by atoms with Crippen molar-refractivity contribution in [2.24, 2.45) is 5.92 Å². The number of tetrazole rings is 1. The molecule has 0 saturated carbocycles. The average molecular weight is 190 g/mol. The molecular formula is C9H10N4O. The molecule has 2 unspecified atom stereocenters. The van der Waals surface area contributed by atoms with Crippen molar-refractivity contribution in [2.75, 3.05) is 6.61 Å². The van der Waals surface area contributed by atoms with Gasteiger partial charge in [-0.1, -0.05) is 12.2 Å². The first-order valence-electron chi connectivity index (χ1n) is 4.67. The van der Waals surface area contributed by atoms with E-state index in [0.717, 1.165) is 18.7 Å². The number of ether oxygens (including phenoxy) is 1. The van der Waals surface area contributed by atoms with Crippen LogP contribution in [0.5, 0.6) is 0 Å². The average Bonchev–Trinajstić information content (AvgIpc) is 2.94. The molecular weight excluding hydrogens is 180 g/mol. The van der Waals surface area contributed by atoms with Crippen molar-refractivity contribution in [3.63, 3.8) is 0 Å². The molecule has 5 nitrogen and oxygen atoms in total. The highest BCUT2D eigenvalue weighted by Crippen LogP contribution is 2.29. The van der Waals surface area contributed by atoms with Crippen LogP contribution in [0.3, 0.4) is 0 Å². The van der Waals surface area contributed by atoms with Crippen molar-refractivity contribution in [2.45, 2.75) is 12.5 Å². The second-order valence-corrected chi connectivity index (χ2v) is 3.51. The van der Waals surface area contributed by atoms with Gasteiger partial charge in [0.25, 0.3) is 0 Å². The molecule has 0 spiro atoms. The summed E-state index contributed by atoms with van der Waals surface area (Å²) < 4.78 is 6.91. The van der Waals surface area contributed by atoms with E-state index >= 15 is 0 Å². The molecule has 1 aliphatic heterocycles. The Morgan fingerprint density at radius 1 is 1.50 bits per heavy atom. The molecule has 5 heteroatoms. The fourth-order valence-corrected chi connectivity index (χ4v) is 1.65. The first kappa shape index (κ1) is 7.87. The molecule has 1 aliphatic carbocycles.